The number of rotatable bonds is 3. The summed E-state index contributed by atoms with van der Waals surface area (Å²) in [5, 5.41) is 14.7. The van der Waals surface area contributed by atoms with Gasteiger partial charge in [0.2, 0.25) is 6.33 Å². The molecule has 9 heteroatoms. The summed E-state index contributed by atoms with van der Waals surface area (Å²) in [4.78, 5) is 17.1. The Kier molecular flexibility index (Phi) is 3.21. The zero-order valence-electron chi connectivity index (χ0n) is 8.25. The molecule has 7 nitrogen and oxygen atoms in total. The summed E-state index contributed by atoms with van der Waals surface area (Å²) in [5.41, 5.74) is 0.649. The molecule has 0 N–H and O–H groups in total. The molecule has 2 aromatic rings. The van der Waals surface area contributed by atoms with Gasteiger partial charge < -0.3 is 10.1 Å². The van der Waals surface area contributed by atoms with E-state index in [1.54, 1.807) is 0 Å². The second-order valence-electron chi connectivity index (χ2n) is 3.10. The van der Waals surface area contributed by atoms with Gasteiger partial charge in [0, 0.05) is 16.9 Å². The Morgan fingerprint density at radius 3 is 2.76 bits per heavy atom. The van der Waals surface area contributed by atoms with E-state index in [1.165, 1.54) is 23.3 Å². The fourth-order valence-corrected chi connectivity index (χ4v) is 1.60. The number of hydrogen-bond acceptors (Lipinski definition) is 5. The summed E-state index contributed by atoms with van der Waals surface area (Å²) in [6.07, 6.45) is 2.74. The molecule has 88 valence electrons. The quantitative estimate of drug-likeness (QED) is 0.485. The third kappa shape index (κ3) is 2.69. The van der Waals surface area contributed by atoms with Crippen molar-refractivity contribution in [3.05, 3.63) is 44.4 Å². The lowest BCUT2D eigenvalue weighted by Gasteiger charge is -2.01. The second kappa shape index (κ2) is 4.64. The van der Waals surface area contributed by atoms with Crippen molar-refractivity contribution in [3.8, 4) is 0 Å². The first-order valence-electron chi connectivity index (χ1n) is 4.40. The van der Waals surface area contributed by atoms with Crippen LogP contribution in [-0.2, 0) is 6.54 Å². The van der Waals surface area contributed by atoms with Crippen LogP contribution in [0.3, 0.4) is 0 Å². The fourth-order valence-electron chi connectivity index (χ4n) is 1.17. The molecule has 0 aromatic carbocycles. The molecule has 2 aromatic heterocycles. The zero-order valence-corrected chi connectivity index (χ0v) is 9.76. The van der Waals surface area contributed by atoms with Crippen molar-refractivity contribution in [3.63, 3.8) is 0 Å². The van der Waals surface area contributed by atoms with E-state index in [0.717, 1.165) is 0 Å². The van der Waals surface area contributed by atoms with E-state index in [-0.39, 0.29) is 11.7 Å². The van der Waals surface area contributed by atoms with Crippen molar-refractivity contribution in [2.45, 2.75) is 6.54 Å². The molecule has 0 fully saturated rings. The molecular weight excluding hydrogens is 269 g/mol. The highest BCUT2D eigenvalue weighted by atomic mass is 35.5. The smallest absolute Gasteiger partial charge is 0.390 e. The number of nitrogens with zero attached hydrogens (tertiary/aromatic N) is 5. The van der Waals surface area contributed by atoms with Gasteiger partial charge in [-0.1, -0.05) is 28.2 Å². The monoisotopic (exact) mass is 273 g/mol. The van der Waals surface area contributed by atoms with Crippen molar-refractivity contribution in [2.75, 3.05) is 0 Å². The zero-order chi connectivity index (χ0) is 12.4. The van der Waals surface area contributed by atoms with Gasteiger partial charge in [-0.05, 0) is 11.0 Å². The molecule has 0 saturated carbocycles. The van der Waals surface area contributed by atoms with Crippen molar-refractivity contribution >= 4 is 29.2 Å². The molecule has 0 amide bonds. The molecule has 0 aliphatic carbocycles. The van der Waals surface area contributed by atoms with Crippen LogP contribution in [0.1, 0.15) is 5.56 Å². The van der Waals surface area contributed by atoms with Gasteiger partial charge in [-0.25, -0.2) is 4.98 Å². The van der Waals surface area contributed by atoms with Gasteiger partial charge in [-0.3, -0.25) is 0 Å². The minimum Gasteiger partial charge on any atom is -0.390 e. The Morgan fingerprint density at radius 2 is 2.18 bits per heavy atom. The van der Waals surface area contributed by atoms with Gasteiger partial charge in [0.25, 0.3) is 0 Å². The lowest BCUT2D eigenvalue weighted by molar-refractivity contribution is -0.394. The Balaban J connectivity index is 2.22. The van der Waals surface area contributed by atoms with Crippen LogP contribution in [0.5, 0.6) is 0 Å². The van der Waals surface area contributed by atoms with E-state index in [1.807, 2.05) is 0 Å². The Hall–Kier alpha value is -1.73. The molecular formula is C8H5Cl2N5O2. The summed E-state index contributed by atoms with van der Waals surface area (Å²) in [7, 11) is 0. The molecule has 0 bridgehead atoms. The second-order valence-corrected chi connectivity index (χ2v) is 3.89. The summed E-state index contributed by atoms with van der Waals surface area (Å²) >= 11 is 11.6. The van der Waals surface area contributed by atoms with Gasteiger partial charge in [-0.15, -0.1) is 0 Å². The number of hydrogen-bond donors (Lipinski definition) is 0. The highest BCUT2D eigenvalue weighted by molar-refractivity contribution is 6.34. The van der Waals surface area contributed by atoms with E-state index in [0.29, 0.717) is 10.6 Å². The van der Waals surface area contributed by atoms with E-state index in [2.05, 4.69) is 15.1 Å². The number of pyridine rings is 1. The molecule has 17 heavy (non-hydrogen) atoms. The minimum atomic E-state index is -0.668. The summed E-state index contributed by atoms with van der Waals surface area (Å²) in [6.45, 7) is 0.240. The molecule has 0 aliphatic heterocycles. The van der Waals surface area contributed by atoms with Crippen LogP contribution >= 0.6 is 23.2 Å². The van der Waals surface area contributed by atoms with Crippen molar-refractivity contribution in [2.24, 2.45) is 0 Å². The Bertz CT molecular complexity index is 571. The molecule has 0 unspecified atom stereocenters. The van der Waals surface area contributed by atoms with Crippen molar-refractivity contribution < 1.29 is 4.92 Å². The lowest BCUT2D eigenvalue weighted by atomic mass is 10.3. The van der Waals surface area contributed by atoms with Gasteiger partial charge in [0.05, 0.1) is 11.6 Å². The Labute approximate surface area is 105 Å². The van der Waals surface area contributed by atoms with Crippen molar-refractivity contribution in [1.29, 1.82) is 0 Å². The average Bonchev–Trinajstić information content (AvgIpc) is 2.71. The van der Waals surface area contributed by atoms with E-state index in [9.17, 15) is 10.1 Å². The normalized spacial score (nSPS) is 10.5. The predicted molar refractivity (Wildman–Crippen MR) is 60.0 cm³/mol. The fraction of sp³-hybridized carbons (Fsp3) is 0.125. The lowest BCUT2D eigenvalue weighted by Crippen LogP contribution is -2.02. The predicted octanol–water partition coefficient (Wildman–Crippen LogP) is 1.94. The maximum Gasteiger partial charge on any atom is 0.490 e. The van der Waals surface area contributed by atoms with Gasteiger partial charge in [0.15, 0.2) is 0 Å². The van der Waals surface area contributed by atoms with E-state index in [4.69, 9.17) is 23.2 Å². The highest BCUT2D eigenvalue weighted by Gasteiger charge is 2.14. The molecule has 0 saturated heterocycles. The largest absolute Gasteiger partial charge is 0.490 e. The van der Waals surface area contributed by atoms with Crippen LogP contribution in [0.25, 0.3) is 0 Å². The highest BCUT2D eigenvalue weighted by Crippen LogP contribution is 2.19. The first-order chi connectivity index (χ1) is 8.06. The molecule has 0 spiro atoms. The van der Waals surface area contributed by atoms with E-state index < -0.39 is 10.9 Å². The van der Waals surface area contributed by atoms with Gasteiger partial charge >= 0.3 is 5.95 Å². The first kappa shape index (κ1) is 11.7. The third-order valence-electron chi connectivity index (χ3n) is 1.92. The number of nitro groups is 1. The van der Waals surface area contributed by atoms with Crippen LogP contribution in [0, 0.1) is 10.1 Å². The summed E-state index contributed by atoms with van der Waals surface area (Å²) in [5.74, 6) is -0.456. The average molecular weight is 274 g/mol. The van der Waals surface area contributed by atoms with Crippen LogP contribution in [0.15, 0.2) is 18.6 Å². The van der Waals surface area contributed by atoms with Crippen LogP contribution in [-0.4, -0.2) is 24.7 Å². The maximum absolute atomic E-state index is 10.4. The topological polar surface area (TPSA) is 86.7 Å². The van der Waals surface area contributed by atoms with Crippen molar-refractivity contribution in [1.82, 2.24) is 19.7 Å². The van der Waals surface area contributed by atoms with Crippen LogP contribution in [0.4, 0.5) is 5.95 Å². The maximum atomic E-state index is 10.4. The number of aromatic nitrogens is 4. The van der Waals surface area contributed by atoms with Gasteiger partial charge in [0.1, 0.15) is 5.15 Å². The van der Waals surface area contributed by atoms with Crippen LogP contribution in [0.2, 0.25) is 10.2 Å². The number of halogens is 2. The molecule has 2 heterocycles. The molecule has 0 radical (unpaired) electrons. The molecule has 2 rings (SSSR count). The molecule has 0 atom stereocenters. The molecule has 0 aliphatic rings. The summed E-state index contributed by atoms with van der Waals surface area (Å²) in [6, 6.07) is 1.49. The minimum absolute atomic E-state index is 0.240. The summed E-state index contributed by atoms with van der Waals surface area (Å²) < 4.78 is 1.30. The standard InChI is InChI=1S/C8H5Cl2N5O2/c9-6-1-7(10)11-2-5(6)3-14-4-12-8(13-14)15(16)17/h1-2,4H,3H2. The Morgan fingerprint density at radius 1 is 1.41 bits per heavy atom. The van der Waals surface area contributed by atoms with Gasteiger partial charge in [-0.2, -0.15) is 4.68 Å². The SMILES string of the molecule is O=[N+]([O-])c1ncn(Cc2cnc(Cl)cc2Cl)n1. The van der Waals surface area contributed by atoms with Crippen LogP contribution < -0.4 is 0 Å². The third-order valence-corrected chi connectivity index (χ3v) is 2.47. The first-order valence-corrected chi connectivity index (χ1v) is 5.15. The van der Waals surface area contributed by atoms with E-state index >= 15 is 0 Å².